The molecule has 0 saturated heterocycles. The Labute approximate surface area is 100.0 Å². The summed E-state index contributed by atoms with van der Waals surface area (Å²) >= 11 is 0. The van der Waals surface area contributed by atoms with Gasteiger partial charge in [-0.2, -0.15) is 0 Å². The van der Waals surface area contributed by atoms with Gasteiger partial charge in [0.25, 0.3) is 0 Å². The molecule has 2 aromatic rings. The first-order chi connectivity index (χ1) is 8.29. The predicted molar refractivity (Wildman–Crippen MR) is 66.9 cm³/mol. The fraction of sp³-hybridized carbons (Fsp3) is 0.308. The third-order valence-corrected chi connectivity index (χ3v) is 2.63. The number of fused-ring (bicyclic) bond motifs is 1. The van der Waals surface area contributed by atoms with Gasteiger partial charge in [0.15, 0.2) is 0 Å². The van der Waals surface area contributed by atoms with Crippen LogP contribution in [-0.2, 0) is 16.0 Å². The summed E-state index contributed by atoms with van der Waals surface area (Å²) in [4.78, 5) is 14.3. The van der Waals surface area contributed by atoms with Gasteiger partial charge in [-0.1, -0.05) is 12.1 Å². The molecular formula is C13H16N2O2. The topological polar surface area (TPSA) is 54.1 Å². The third-order valence-electron chi connectivity index (χ3n) is 2.63. The van der Waals surface area contributed by atoms with Crippen LogP contribution in [0.4, 0.5) is 0 Å². The van der Waals surface area contributed by atoms with Crippen LogP contribution in [0.5, 0.6) is 0 Å². The SMILES string of the molecule is COCC(=O)NCCc1ccc2cc[nH]c2c1. The molecule has 4 nitrogen and oxygen atoms in total. The smallest absolute Gasteiger partial charge is 0.245 e. The summed E-state index contributed by atoms with van der Waals surface area (Å²) in [6.45, 7) is 0.754. The summed E-state index contributed by atoms with van der Waals surface area (Å²) in [5, 5.41) is 4.01. The molecule has 1 aromatic heterocycles. The lowest BCUT2D eigenvalue weighted by Crippen LogP contribution is -2.28. The van der Waals surface area contributed by atoms with Gasteiger partial charge in [-0.15, -0.1) is 0 Å². The molecule has 0 spiro atoms. The highest BCUT2D eigenvalue weighted by Crippen LogP contribution is 2.14. The van der Waals surface area contributed by atoms with E-state index in [0.29, 0.717) is 6.54 Å². The first kappa shape index (κ1) is 11.7. The lowest BCUT2D eigenvalue weighted by molar-refractivity contribution is -0.124. The van der Waals surface area contributed by atoms with Gasteiger partial charge in [-0.3, -0.25) is 4.79 Å². The maximum Gasteiger partial charge on any atom is 0.245 e. The molecule has 0 aliphatic heterocycles. The largest absolute Gasteiger partial charge is 0.375 e. The molecule has 1 amide bonds. The average Bonchev–Trinajstić information content (AvgIpc) is 2.76. The lowest BCUT2D eigenvalue weighted by atomic mass is 10.1. The van der Waals surface area contributed by atoms with Crippen LogP contribution in [0.25, 0.3) is 10.9 Å². The molecule has 0 aliphatic carbocycles. The minimum absolute atomic E-state index is 0.0755. The molecule has 0 fully saturated rings. The molecule has 0 saturated carbocycles. The van der Waals surface area contributed by atoms with Crippen molar-refractivity contribution in [2.75, 3.05) is 20.3 Å². The highest BCUT2D eigenvalue weighted by molar-refractivity contribution is 5.80. The highest BCUT2D eigenvalue weighted by atomic mass is 16.5. The molecule has 2 N–H and O–H groups in total. The fourth-order valence-electron chi connectivity index (χ4n) is 1.78. The van der Waals surface area contributed by atoms with Gasteiger partial charge in [0.05, 0.1) is 0 Å². The Morgan fingerprint density at radius 3 is 3.12 bits per heavy atom. The van der Waals surface area contributed by atoms with Crippen molar-refractivity contribution in [3.8, 4) is 0 Å². The lowest BCUT2D eigenvalue weighted by Gasteiger charge is -2.04. The molecule has 1 aromatic carbocycles. The van der Waals surface area contributed by atoms with E-state index in [9.17, 15) is 4.79 Å². The first-order valence-corrected chi connectivity index (χ1v) is 5.61. The summed E-state index contributed by atoms with van der Waals surface area (Å²) in [5.41, 5.74) is 2.34. The number of aromatic amines is 1. The van der Waals surface area contributed by atoms with Crippen LogP contribution in [0.3, 0.4) is 0 Å². The number of hydrogen-bond acceptors (Lipinski definition) is 2. The van der Waals surface area contributed by atoms with Crippen molar-refractivity contribution < 1.29 is 9.53 Å². The van der Waals surface area contributed by atoms with Gasteiger partial charge in [0.2, 0.25) is 5.91 Å². The number of rotatable bonds is 5. The number of benzene rings is 1. The summed E-state index contributed by atoms with van der Waals surface area (Å²) in [7, 11) is 1.51. The van der Waals surface area contributed by atoms with E-state index in [1.807, 2.05) is 12.3 Å². The number of aromatic nitrogens is 1. The third kappa shape index (κ3) is 3.07. The summed E-state index contributed by atoms with van der Waals surface area (Å²) in [5.74, 6) is -0.0755. The number of H-pyrrole nitrogens is 1. The molecule has 2 rings (SSSR count). The second-order valence-electron chi connectivity index (χ2n) is 3.93. The van der Waals surface area contributed by atoms with E-state index < -0.39 is 0 Å². The monoisotopic (exact) mass is 232 g/mol. The zero-order chi connectivity index (χ0) is 12.1. The number of methoxy groups -OCH3 is 1. The number of carbonyl (C=O) groups is 1. The molecule has 0 aliphatic rings. The van der Waals surface area contributed by atoms with Gasteiger partial charge in [0, 0.05) is 25.4 Å². The zero-order valence-electron chi connectivity index (χ0n) is 9.82. The van der Waals surface area contributed by atoms with Crippen LogP contribution in [0, 0.1) is 0 Å². The van der Waals surface area contributed by atoms with Gasteiger partial charge < -0.3 is 15.0 Å². The number of carbonyl (C=O) groups excluding carboxylic acids is 1. The van der Waals surface area contributed by atoms with E-state index in [4.69, 9.17) is 4.74 Å². The van der Waals surface area contributed by atoms with Crippen LogP contribution < -0.4 is 5.32 Å². The van der Waals surface area contributed by atoms with Crippen molar-refractivity contribution in [1.29, 1.82) is 0 Å². The maximum absolute atomic E-state index is 11.2. The summed E-state index contributed by atoms with van der Waals surface area (Å²) < 4.78 is 4.74. The Kier molecular flexibility index (Phi) is 3.77. The van der Waals surface area contributed by atoms with Crippen LogP contribution in [0.2, 0.25) is 0 Å². The zero-order valence-corrected chi connectivity index (χ0v) is 9.82. The van der Waals surface area contributed by atoms with E-state index in [1.165, 1.54) is 18.1 Å². The van der Waals surface area contributed by atoms with E-state index in [0.717, 1.165) is 11.9 Å². The van der Waals surface area contributed by atoms with Gasteiger partial charge >= 0.3 is 0 Å². The summed E-state index contributed by atoms with van der Waals surface area (Å²) in [6, 6.07) is 8.31. The average molecular weight is 232 g/mol. The molecule has 0 atom stereocenters. The number of amides is 1. The molecule has 0 bridgehead atoms. The summed E-state index contributed by atoms with van der Waals surface area (Å²) in [6.07, 6.45) is 2.75. The van der Waals surface area contributed by atoms with Gasteiger partial charge in [0.1, 0.15) is 6.61 Å². The Bertz CT molecular complexity index is 505. The number of nitrogens with one attached hydrogen (secondary N) is 2. The molecular weight excluding hydrogens is 216 g/mol. The van der Waals surface area contributed by atoms with Crippen molar-refractivity contribution in [2.45, 2.75) is 6.42 Å². The Hall–Kier alpha value is -1.81. The van der Waals surface area contributed by atoms with Crippen molar-refractivity contribution in [3.05, 3.63) is 36.0 Å². The van der Waals surface area contributed by atoms with Gasteiger partial charge in [-0.05, 0) is 29.5 Å². The standard InChI is InChI=1S/C13H16N2O2/c1-17-9-13(16)15-6-4-10-2-3-11-5-7-14-12(11)8-10/h2-3,5,7-8,14H,4,6,9H2,1H3,(H,15,16). The van der Waals surface area contributed by atoms with Crippen LogP contribution in [0.1, 0.15) is 5.56 Å². The van der Waals surface area contributed by atoms with Crippen LogP contribution in [0.15, 0.2) is 30.5 Å². The molecule has 0 radical (unpaired) electrons. The van der Waals surface area contributed by atoms with Crippen molar-refractivity contribution in [3.63, 3.8) is 0 Å². The Morgan fingerprint density at radius 1 is 1.41 bits per heavy atom. The minimum atomic E-state index is -0.0755. The van der Waals surface area contributed by atoms with E-state index >= 15 is 0 Å². The molecule has 1 heterocycles. The fourth-order valence-corrected chi connectivity index (χ4v) is 1.78. The van der Waals surface area contributed by atoms with Crippen LogP contribution in [-0.4, -0.2) is 31.2 Å². The van der Waals surface area contributed by atoms with Crippen molar-refractivity contribution in [1.82, 2.24) is 10.3 Å². The van der Waals surface area contributed by atoms with E-state index in [2.05, 4.69) is 28.5 Å². The van der Waals surface area contributed by atoms with Crippen molar-refractivity contribution >= 4 is 16.8 Å². The minimum Gasteiger partial charge on any atom is -0.375 e. The molecule has 4 heteroatoms. The number of ether oxygens (including phenoxy) is 1. The second-order valence-corrected chi connectivity index (χ2v) is 3.93. The second kappa shape index (κ2) is 5.50. The van der Waals surface area contributed by atoms with E-state index in [1.54, 1.807) is 0 Å². The normalized spacial score (nSPS) is 10.6. The molecule has 0 unspecified atom stereocenters. The van der Waals surface area contributed by atoms with Crippen molar-refractivity contribution in [2.24, 2.45) is 0 Å². The van der Waals surface area contributed by atoms with Gasteiger partial charge in [-0.25, -0.2) is 0 Å². The van der Waals surface area contributed by atoms with Crippen LogP contribution >= 0.6 is 0 Å². The highest BCUT2D eigenvalue weighted by Gasteiger charge is 2.00. The molecule has 17 heavy (non-hydrogen) atoms. The first-order valence-electron chi connectivity index (χ1n) is 5.61. The quantitative estimate of drug-likeness (QED) is 0.820. The predicted octanol–water partition coefficient (Wildman–Crippen LogP) is 1.47. The Balaban J connectivity index is 1.88. The number of hydrogen-bond donors (Lipinski definition) is 2. The van der Waals surface area contributed by atoms with E-state index in [-0.39, 0.29) is 12.5 Å². The molecule has 90 valence electrons. The Morgan fingerprint density at radius 2 is 2.29 bits per heavy atom. The maximum atomic E-state index is 11.2.